The van der Waals surface area contributed by atoms with Gasteiger partial charge >= 0.3 is 0 Å². The summed E-state index contributed by atoms with van der Waals surface area (Å²) in [4.78, 5) is 24.7. The maximum absolute atomic E-state index is 15.6. The molecule has 0 amide bonds. The molecule has 4 heterocycles. The quantitative estimate of drug-likeness (QED) is 0.268. The van der Waals surface area contributed by atoms with Gasteiger partial charge in [-0.05, 0) is 38.5 Å². The molecule has 11 nitrogen and oxygen atoms in total. The lowest BCUT2D eigenvalue weighted by Crippen LogP contribution is -2.44. The number of rotatable bonds is 8. The lowest BCUT2D eigenvalue weighted by molar-refractivity contribution is 0.0987. The number of fused-ring (bicyclic) bond motifs is 1. The molecule has 1 aromatic carbocycles. The van der Waals surface area contributed by atoms with E-state index < -0.39 is 23.3 Å². The summed E-state index contributed by atoms with van der Waals surface area (Å²) in [5, 5.41) is 0. The first-order valence-corrected chi connectivity index (χ1v) is 13.7. The van der Waals surface area contributed by atoms with Gasteiger partial charge in [-0.25, -0.2) is 42.6 Å². The molecule has 4 N–H and O–H groups in total. The van der Waals surface area contributed by atoms with Crippen molar-refractivity contribution in [1.82, 2.24) is 29.6 Å². The maximum atomic E-state index is 15.6. The fourth-order valence-corrected chi connectivity index (χ4v) is 4.93. The SMILES string of the molecule is Cc1nc(N)ncc1-c1nc(N2CCOCC2C)c2nc(-c3cccc(C(F)CCNS(=O)O)c3F)ccc2n1. The van der Waals surface area contributed by atoms with Crippen LogP contribution in [0.5, 0.6) is 0 Å². The van der Waals surface area contributed by atoms with Crippen molar-refractivity contribution in [2.45, 2.75) is 32.5 Å². The molecule has 0 saturated carbocycles. The molecule has 210 valence electrons. The highest BCUT2D eigenvalue weighted by Gasteiger charge is 2.26. The number of nitrogens with one attached hydrogen (secondary N) is 1. The highest BCUT2D eigenvalue weighted by Crippen LogP contribution is 2.34. The van der Waals surface area contributed by atoms with Gasteiger partial charge in [0, 0.05) is 30.4 Å². The highest BCUT2D eigenvalue weighted by atomic mass is 32.2. The molecule has 3 unspecified atom stereocenters. The summed E-state index contributed by atoms with van der Waals surface area (Å²) in [6.07, 6.45) is -0.283. The van der Waals surface area contributed by atoms with Crippen LogP contribution in [0.4, 0.5) is 20.5 Å². The molecule has 5 rings (SSSR count). The van der Waals surface area contributed by atoms with Crippen LogP contribution in [0.25, 0.3) is 33.7 Å². The first-order valence-electron chi connectivity index (χ1n) is 12.6. The molecule has 0 radical (unpaired) electrons. The zero-order valence-electron chi connectivity index (χ0n) is 21.8. The Hall–Kier alpha value is -3.72. The van der Waals surface area contributed by atoms with Gasteiger partial charge in [0.15, 0.2) is 11.6 Å². The largest absolute Gasteiger partial charge is 0.377 e. The van der Waals surface area contributed by atoms with E-state index in [-0.39, 0.29) is 36.1 Å². The van der Waals surface area contributed by atoms with E-state index in [9.17, 15) is 8.60 Å². The normalized spacial score (nSPS) is 17.2. The van der Waals surface area contributed by atoms with Gasteiger partial charge in [-0.1, -0.05) is 12.1 Å². The summed E-state index contributed by atoms with van der Waals surface area (Å²) < 4.78 is 57.9. The summed E-state index contributed by atoms with van der Waals surface area (Å²) in [5.74, 6) is 0.353. The summed E-state index contributed by atoms with van der Waals surface area (Å²) in [5.41, 5.74) is 8.22. The summed E-state index contributed by atoms with van der Waals surface area (Å²) in [7, 11) is 0. The molecule has 1 fully saturated rings. The highest BCUT2D eigenvalue weighted by molar-refractivity contribution is 7.77. The third-order valence-electron chi connectivity index (χ3n) is 6.67. The zero-order chi connectivity index (χ0) is 28.4. The standard InChI is InChI=1S/C26H28F2N8O3S/c1-14-13-39-11-10-36(14)25-23-21(34-24(35-25)18-12-30-26(29)32-15(18)2)7-6-20(33-23)17-5-3-4-16(22(17)28)19(27)8-9-31-40(37)38/h3-7,12,14,19,31H,8-11,13H2,1-2H3,(H,37,38)(H2,29,30,32). The van der Waals surface area contributed by atoms with Gasteiger partial charge in [0.1, 0.15) is 17.5 Å². The minimum absolute atomic E-state index is 0.0110. The van der Waals surface area contributed by atoms with Gasteiger partial charge < -0.3 is 15.4 Å². The van der Waals surface area contributed by atoms with Gasteiger partial charge in [-0.2, -0.15) is 0 Å². The number of nitrogens with zero attached hydrogens (tertiary/aromatic N) is 6. The number of hydrogen-bond donors (Lipinski definition) is 3. The summed E-state index contributed by atoms with van der Waals surface area (Å²) >= 11 is -2.27. The van der Waals surface area contributed by atoms with Crippen molar-refractivity contribution in [2.75, 3.05) is 36.9 Å². The molecular weight excluding hydrogens is 542 g/mol. The van der Waals surface area contributed by atoms with Crippen LogP contribution in [0.15, 0.2) is 36.5 Å². The van der Waals surface area contributed by atoms with Crippen molar-refractivity contribution in [1.29, 1.82) is 0 Å². The smallest absolute Gasteiger partial charge is 0.231 e. The van der Waals surface area contributed by atoms with Crippen LogP contribution in [-0.4, -0.2) is 66.0 Å². The number of aryl methyl sites for hydroxylation is 1. The van der Waals surface area contributed by atoms with Crippen LogP contribution >= 0.6 is 0 Å². The predicted octanol–water partition coefficient (Wildman–Crippen LogP) is 3.53. The molecule has 40 heavy (non-hydrogen) atoms. The average molecular weight is 571 g/mol. The van der Waals surface area contributed by atoms with Crippen molar-refractivity contribution in [3.63, 3.8) is 0 Å². The molecule has 0 bridgehead atoms. The van der Waals surface area contributed by atoms with E-state index in [1.807, 2.05) is 6.92 Å². The Kier molecular flexibility index (Phi) is 8.21. The molecule has 1 aliphatic heterocycles. The Labute approximate surface area is 231 Å². The number of pyridine rings is 1. The number of nitrogens with two attached hydrogens (primary N) is 1. The van der Waals surface area contributed by atoms with Crippen LogP contribution < -0.4 is 15.4 Å². The molecule has 1 aliphatic rings. The molecule has 3 atom stereocenters. The minimum atomic E-state index is -2.27. The molecule has 14 heteroatoms. The van der Waals surface area contributed by atoms with Gasteiger partial charge in [0.25, 0.3) is 0 Å². The zero-order valence-corrected chi connectivity index (χ0v) is 22.7. The second kappa shape index (κ2) is 11.8. The fraction of sp³-hybridized carbons (Fsp3) is 0.346. The van der Waals surface area contributed by atoms with Crippen molar-refractivity contribution in [3.8, 4) is 22.6 Å². The Morgan fingerprint density at radius 2 is 2.05 bits per heavy atom. The first-order chi connectivity index (χ1) is 19.2. The van der Waals surface area contributed by atoms with Crippen LogP contribution in [-0.2, 0) is 16.0 Å². The Morgan fingerprint density at radius 1 is 1.23 bits per heavy atom. The van der Waals surface area contributed by atoms with Crippen molar-refractivity contribution >= 4 is 34.1 Å². The van der Waals surface area contributed by atoms with Gasteiger partial charge in [-0.3, -0.25) is 4.55 Å². The van der Waals surface area contributed by atoms with E-state index in [2.05, 4.69) is 19.6 Å². The number of nitrogen functional groups attached to an aromatic ring is 1. The van der Waals surface area contributed by atoms with E-state index in [1.165, 1.54) is 12.1 Å². The Balaban J connectivity index is 1.60. The Morgan fingerprint density at radius 3 is 2.80 bits per heavy atom. The van der Waals surface area contributed by atoms with Gasteiger partial charge in [0.2, 0.25) is 17.2 Å². The lowest BCUT2D eigenvalue weighted by Gasteiger charge is -2.34. The molecule has 0 aliphatic carbocycles. The van der Waals surface area contributed by atoms with Crippen LogP contribution in [0.3, 0.4) is 0 Å². The van der Waals surface area contributed by atoms with E-state index in [4.69, 9.17) is 30.0 Å². The third kappa shape index (κ3) is 5.75. The predicted molar refractivity (Wildman–Crippen MR) is 148 cm³/mol. The van der Waals surface area contributed by atoms with Crippen molar-refractivity contribution in [2.24, 2.45) is 0 Å². The molecule has 4 aromatic rings. The Bertz CT molecular complexity index is 1580. The molecule has 1 saturated heterocycles. The second-order valence-electron chi connectivity index (χ2n) is 9.39. The second-order valence-corrected chi connectivity index (χ2v) is 10.2. The van der Waals surface area contributed by atoms with E-state index in [0.29, 0.717) is 59.4 Å². The van der Waals surface area contributed by atoms with Crippen LogP contribution in [0.1, 0.15) is 30.8 Å². The molecular formula is C26H28F2N8O3S. The number of hydrogen-bond acceptors (Lipinski definition) is 9. The molecule has 0 spiro atoms. The van der Waals surface area contributed by atoms with E-state index >= 15 is 4.39 Å². The monoisotopic (exact) mass is 570 g/mol. The third-order valence-corrected chi connectivity index (χ3v) is 7.12. The minimum Gasteiger partial charge on any atom is -0.377 e. The van der Waals surface area contributed by atoms with Gasteiger partial charge in [0.05, 0.1) is 41.7 Å². The summed E-state index contributed by atoms with van der Waals surface area (Å²) in [6, 6.07) is 7.78. The number of morpholine rings is 1. The number of ether oxygens (including phenoxy) is 1. The van der Waals surface area contributed by atoms with Crippen molar-refractivity contribution in [3.05, 3.63) is 53.6 Å². The van der Waals surface area contributed by atoms with Crippen LogP contribution in [0, 0.1) is 12.7 Å². The average Bonchev–Trinajstić information content (AvgIpc) is 2.92. The number of benzene rings is 1. The van der Waals surface area contributed by atoms with Crippen LogP contribution in [0.2, 0.25) is 0 Å². The van der Waals surface area contributed by atoms with E-state index in [0.717, 1.165) is 0 Å². The van der Waals surface area contributed by atoms with Gasteiger partial charge in [-0.15, -0.1) is 0 Å². The first kappa shape index (κ1) is 27.8. The number of anilines is 2. The van der Waals surface area contributed by atoms with Crippen molar-refractivity contribution < 1.29 is 22.3 Å². The maximum Gasteiger partial charge on any atom is 0.231 e. The lowest BCUT2D eigenvalue weighted by atomic mass is 10.0. The van der Waals surface area contributed by atoms with E-state index in [1.54, 1.807) is 31.3 Å². The number of alkyl halides is 1. The summed E-state index contributed by atoms with van der Waals surface area (Å²) in [6.45, 7) is 5.28. The fourth-order valence-electron chi connectivity index (χ4n) is 4.63. The number of halogens is 2. The number of aromatic nitrogens is 5. The molecule has 3 aromatic heterocycles. The topological polar surface area (TPSA) is 152 Å².